The zero-order chi connectivity index (χ0) is 18.6. The number of rotatable bonds is 3. The molecule has 0 bridgehead atoms. The Bertz CT molecular complexity index is 618. The average molecular weight is 354 g/mol. The highest BCUT2D eigenvalue weighted by atomic mass is 35.5. The van der Waals surface area contributed by atoms with Gasteiger partial charge >= 0.3 is 0 Å². The normalized spacial score (nSPS) is 31.9. The van der Waals surface area contributed by atoms with Crippen molar-refractivity contribution < 1.29 is 9.47 Å². The lowest BCUT2D eigenvalue weighted by Crippen LogP contribution is -2.77. The monoisotopic (exact) mass is 353 g/mol. The summed E-state index contributed by atoms with van der Waals surface area (Å²) in [5.41, 5.74) is 2.15. The van der Waals surface area contributed by atoms with Crippen molar-refractivity contribution >= 4 is 11.6 Å². The van der Waals surface area contributed by atoms with E-state index in [1.165, 1.54) is 0 Å². The van der Waals surface area contributed by atoms with Gasteiger partial charge in [-0.2, -0.15) is 0 Å². The highest BCUT2D eigenvalue weighted by Crippen LogP contribution is 2.50. The van der Waals surface area contributed by atoms with Gasteiger partial charge in [0.05, 0.1) is 11.1 Å². The van der Waals surface area contributed by atoms with Crippen LogP contribution >= 0.6 is 11.6 Å². The highest BCUT2D eigenvalue weighted by molar-refractivity contribution is 6.31. The van der Waals surface area contributed by atoms with Crippen LogP contribution in [0.25, 0.3) is 0 Å². The molecular weight excluding hydrogens is 322 g/mol. The Hall–Kier alpha value is -0.610. The maximum atomic E-state index is 6.72. The molecule has 136 valence electrons. The molecule has 3 nitrogen and oxygen atoms in total. The average Bonchev–Trinajstić information content (AvgIpc) is 2.47. The van der Waals surface area contributed by atoms with Gasteiger partial charge in [0, 0.05) is 23.2 Å². The number of methoxy groups -OCH3 is 1. The van der Waals surface area contributed by atoms with Crippen LogP contribution in [0.3, 0.4) is 0 Å². The summed E-state index contributed by atoms with van der Waals surface area (Å²) in [7, 11) is 1.71. The first kappa shape index (κ1) is 19.7. The Balaban J connectivity index is 2.68. The Morgan fingerprint density at radius 3 is 2.17 bits per heavy atom. The minimum atomic E-state index is -0.923. The molecule has 0 aromatic heterocycles. The second-order valence-corrected chi connectivity index (χ2v) is 8.68. The van der Waals surface area contributed by atoms with E-state index in [0.29, 0.717) is 0 Å². The minimum Gasteiger partial charge on any atom is -0.348 e. The molecule has 1 aliphatic rings. The summed E-state index contributed by atoms with van der Waals surface area (Å²) < 4.78 is 12.8. The van der Waals surface area contributed by atoms with E-state index in [1.807, 2.05) is 13.0 Å². The van der Waals surface area contributed by atoms with E-state index >= 15 is 0 Å². The van der Waals surface area contributed by atoms with Crippen molar-refractivity contribution in [2.45, 2.75) is 84.3 Å². The first-order valence-corrected chi connectivity index (χ1v) is 9.05. The van der Waals surface area contributed by atoms with Crippen LogP contribution in [0.5, 0.6) is 0 Å². The second-order valence-electron chi connectivity index (χ2n) is 8.27. The van der Waals surface area contributed by atoms with Crippen LogP contribution in [0.15, 0.2) is 12.1 Å². The quantitative estimate of drug-likeness (QED) is 0.819. The van der Waals surface area contributed by atoms with Crippen molar-refractivity contribution in [1.82, 2.24) is 5.32 Å². The first-order chi connectivity index (χ1) is 10.9. The lowest BCUT2D eigenvalue weighted by atomic mass is 9.72. The maximum Gasteiger partial charge on any atom is 0.213 e. The molecule has 1 aliphatic heterocycles. The molecule has 1 N–H and O–H groups in total. The SMILES string of the molecule is CCC1(C)NC(C)(C)[C@](OC)(c2cc(C)c(C)c(Cl)c2)OC1(C)C. The number of ether oxygens (including phenoxy) is 2. The van der Waals surface area contributed by atoms with Gasteiger partial charge < -0.3 is 9.47 Å². The van der Waals surface area contributed by atoms with Gasteiger partial charge in [-0.25, -0.2) is 0 Å². The number of benzene rings is 1. The van der Waals surface area contributed by atoms with Gasteiger partial charge in [0.2, 0.25) is 5.79 Å². The van der Waals surface area contributed by atoms with Gasteiger partial charge in [-0.15, -0.1) is 0 Å². The van der Waals surface area contributed by atoms with E-state index < -0.39 is 16.9 Å². The largest absolute Gasteiger partial charge is 0.348 e. The minimum absolute atomic E-state index is 0.165. The van der Waals surface area contributed by atoms with Crippen LogP contribution in [-0.4, -0.2) is 23.8 Å². The lowest BCUT2D eigenvalue weighted by Gasteiger charge is -2.62. The van der Waals surface area contributed by atoms with Gasteiger partial charge in [-0.3, -0.25) is 5.32 Å². The summed E-state index contributed by atoms with van der Waals surface area (Å²) in [5, 5.41) is 4.55. The third-order valence-electron chi connectivity index (χ3n) is 6.12. The van der Waals surface area contributed by atoms with Gasteiger partial charge in [-0.1, -0.05) is 24.6 Å². The van der Waals surface area contributed by atoms with Crippen molar-refractivity contribution in [3.05, 3.63) is 33.8 Å². The second kappa shape index (κ2) is 5.98. The Morgan fingerprint density at radius 2 is 1.71 bits per heavy atom. The molecule has 0 aliphatic carbocycles. The van der Waals surface area contributed by atoms with Crippen LogP contribution in [0.2, 0.25) is 5.02 Å². The number of hydrogen-bond acceptors (Lipinski definition) is 3. The number of morpholine rings is 1. The molecule has 0 radical (unpaired) electrons. The third kappa shape index (κ3) is 2.70. The van der Waals surface area contributed by atoms with E-state index in [-0.39, 0.29) is 5.54 Å². The summed E-state index contributed by atoms with van der Waals surface area (Å²) in [5.74, 6) is -0.923. The van der Waals surface area contributed by atoms with Crippen LogP contribution in [0.1, 0.15) is 64.7 Å². The summed E-state index contributed by atoms with van der Waals surface area (Å²) in [6.45, 7) is 17.0. The molecule has 2 rings (SSSR count). The number of nitrogens with one attached hydrogen (secondary N) is 1. The van der Waals surface area contributed by atoms with E-state index in [9.17, 15) is 0 Å². The van der Waals surface area contributed by atoms with Crippen LogP contribution in [0.4, 0.5) is 0 Å². The summed E-state index contributed by atoms with van der Waals surface area (Å²) in [6.07, 6.45) is 0.955. The molecular formula is C20H32ClNO2. The van der Waals surface area contributed by atoms with E-state index in [2.05, 4.69) is 59.8 Å². The van der Waals surface area contributed by atoms with Gasteiger partial charge in [0.1, 0.15) is 0 Å². The molecule has 1 heterocycles. The van der Waals surface area contributed by atoms with Crippen molar-refractivity contribution in [1.29, 1.82) is 0 Å². The fourth-order valence-corrected chi connectivity index (χ4v) is 4.14. The Morgan fingerprint density at radius 1 is 1.12 bits per heavy atom. The molecule has 0 saturated carbocycles. The predicted octanol–water partition coefficient (Wildman–Crippen LogP) is 5.10. The fourth-order valence-electron chi connectivity index (χ4n) is 3.88. The molecule has 1 unspecified atom stereocenters. The van der Waals surface area contributed by atoms with Gasteiger partial charge in [0.25, 0.3) is 0 Å². The van der Waals surface area contributed by atoms with E-state index in [1.54, 1.807) is 7.11 Å². The maximum absolute atomic E-state index is 6.72. The molecule has 1 fully saturated rings. The molecule has 1 aromatic rings. The molecule has 4 heteroatoms. The topological polar surface area (TPSA) is 30.5 Å². The van der Waals surface area contributed by atoms with E-state index in [4.69, 9.17) is 21.1 Å². The standard InChI is InChI=1S/C20H32ClNO2/c1-10-19(8)18(6,7)24-20(23-9,17(4,5)22-19)15-11-13(2)14(3)16(21)12-15/h11-12,22H,10H2,1-9H3/t19?,20-/m0/s1. The van der Waals surface area contributed by atoms with Crippen molar-refractivity contribution in [3.63, 3.8) is 0 Å². The van der Waals surface area contributed by atoms with Gasteiger partial charge in [-0.05, 0) is 72.1 Å². The Kier molecular flexibility index (Phi) is 4.91. The molecule has 24 heavy (non-hydrogen) atoms. The van der Waals surface area contributed by atoms with Crippen LogP contribution in [-0.2, 0) is 15.3 Å². The summed E-state index contributed by atoms with van der Waals surface area (Å²) in [4.78, 5) is 0. The third-order valence-corrected chi connectivity index (χ3v) is 6.51. The molecule has 1 saturated heterocycles. The zero-order valence-electron chi connectivity index (χ0n) is 16.6. The molecule has 2 atom stereocenters. The summed E-state index contributed by atoms with van der Waals surface area (Å²) in [6, 6.07) is 4.10. The summed E-state index contributed by atoms with van der Waals surface area (Å²) >= 11 is 6.47. The highest BCUT2D eigenvalue weighted by Gasteiger charge is 2.61. The van der Waals surface area contributed by atoms with Crippen LogP contribution < -0.4 is 5.32 Å². The molecule has 0 amide bonds. The van der Waals surface area contributed by atoms with Crippen molar-refractivity contribution in [3.8, 4) is 0 Å². The van der Waals surface area contributed by atoms with Crippen molar-refractivity contribution in [2.24, 2.45) is 0 Å². The first-order valence-electron chi connectivity index (χ1n) is 8.67. The number of halogens is 1. The van der Waals surface area contributed by atoms with E-state index in [0.717, 1.165) is 28.1 Å². The molecule has 1 aromatic carbocycles. The van der Waals surface area contributed by atoms with Crippen molar-refractivity contribution in [2.75, 3.05) is 7.11 Å². The lowest BCUT2D eigenvalue weighted by molar-refractivity contribution is -0.359. The molecule has 0 spiro atoms. The number of hydrogen-bond donors (Lipinski definition) is 1. The van der Waals surface area contributed by atoms with Crippen LogP contribution in [0, 0.1) is 13.8 Å². The zero-order valence-corrected chi connectivity index (χ0v) is 17.3. The fraction of sp³-hybridized carbons (Fsp3) is 0.700. The van der Waals surface area contributed by atoms with Gasteiger partial charge in [0.15, 0.2) is 0 Å². The predicted molar refractivity (Wildman–Crippen MR) is 101 cm³/mol. The smallest absolute Gasteiger partial charge is 0.213 e. The Labute approximate surface area is 152 Å². The number of aryl methyl sites for hydroxylation is 1.